The minimum Gasteiger partial charge on any atom is -0.539 e. The molecule has 0 spiro atoms. The van der Waals surface area contributed by atoms with Gasteiger partial charge < -0.3 is 4.37 Å². The lowest BCUT2D eigenvalue weighted by atomic mass is 10.6. The van der Waals surface area contributed by atoms with E-state index in [2.05, 4.69) is 4.37 Å². The van der Waals surface area contributed by atoms with Crippen molar-refractivity contribution in [1.82, 2.24) is 0 Å². The van der Waals surface area contributed by atoms with Gasteiger partial charge in [-0.25, -0.2) is 0 Å². The van der Waals surface area contributed by atoms with Crippen molar-refractivity contribution in [2.24, 2.45) is 0 Å². The zero-order chi connectivity index (χ0) is 5.98. The molecule has 1 aliphatic heterocycles. The van der Waals surface area contributed by atoms with Crippen LogP contribution in [0.3, 0.4) is 0 Å². The minimum atomic E-state index is 0.0787. The summed E-state index contributed by atoms with van der Waals surface area (Å²) in [6, 6.07) is 0. The average Bonchev–Trinajstić information content (AvgIpc) is 2.12. The van der Waals surface area contributed by atoms with Crippen LogP contribution in [0, 0.1) is 0 Å². The van der Waals surface area contributed by atoms with Crippen molar-refractivity contribution in [1.29, 1.82) is 0 Å². The Hall–Kier alpha value is -0.790. The van der Waals surface area contributed by atoms with Crippen molar-refractivity contribution in [2.45, 2.75) is 6.92 Å². The molecule has 0 aromatic rings. The molecule has 0 fully saturated rings. The Balaban J connectivity index is 2.41. The van der Waals surface area contributed by atoms with E-state index in [4.69, 9.17) is 0 Å². The van der Waals surface area contributed by atoms with Gasteiger partial charge in [-0.15, -0.1) is 0 Å². The van der Waals surface area contributed by atoms with Gasteiger partial charge in [-0.1, -0.05) is 0 Å². The largest absolute Gasteiger partial charge is 0.539 e. The fourth-order valence-electron chi connectivity index (χ4n) is 0.671. The van der Waals surface area contributed by atoms with Crippen molar-refractivity contribution < 1.29 is 9.16 Å². The van der Waals surface area contributed by atoms with Crippen LogP contribution in [-0.4, -0.2) is 19.2 Å². The third-order valence-electron chi connectivity index (χ3n) is 1.17. The molecule has 0 bridgehead atoms. The van der Waals surface area contributed by atoms with Crippen LogP contribution >= 0.6 is 0 Å². The molecule has 0 aliphatic carbocycles. The summed E-state index contributed by atoms with van der Waals surface area (Å²) >= 11 is 0. The second-order valence-electron chi connectivity index (χ2n) is 1.79. The van der Waals surface area contributed by atoms with Crippen molar-refractivity contribution in [3.8, 4) is 0 Å². The quantitative estimate of drug-likeness (QED) is 0.256. The fraction of sp³-hybridized carbons (Fsp3) is 0.500. The molecule has 1 rings (SSSR count). The van der Waals surface area contributed by atoms with Crippen LogP contribution in [0.2, 0.25) is 0 Å². The van der Waals surface area contributed by atoms with Crippen LogP contribution in [0.4, 0.5) is 0 Å². The predicted molar refractivity (Wildman–Crippen MR) is 30.6 cm³/mol. The van der Waals surface area contributed by atoms with E-state index >= 15 is 0 Å². The fourth-order valence-corrected chi connectivity index (χ4v) is 0.671. The summed E-state index contributed by atoms with van der Waals surface area (Å²) < 4.78 is 2.51. The van der Waals surface area contributed by atoms with Crippen LogP contribution in [0.5, 0.6) is 0 Å². The van der Waals surface area contributed by atoms with Crippen LogP contribution in [0.15, 0.2) is 12.2 Å². The summed E-state index contributed by atoms with van der Waals surface area (Å²) in [6.07, 6.45) is 3.93. The third kappa shape index (κ3) is 0.886. The van der Waals surface area contributed by atoms with E-state index in [1.165, 1.54) is 0 Å². The maximum absolute atomic E-state index is 10.5. The minimum absolute atomic E-state index is 0.0787. The Labute approximate surface area is 48.5 Å². The molecular weight excluding hydrogens is 104 g/mol. The van der Waals surface area contributed by atoms with Gasteiger partial charge in [0.25, 0.3) is 0 Å². The Kier molecular flexibility index (Phi) is 1.33. The van der Waals surface area contributed by atoms with Crippen molar-refractivity contribution in [3.63, 3.8) is 0 Å². The summed E-state index contributed by atoms with van der Waals surface area (Å²) in [5.74, 6) is 0.0787. The predicted octanol–water partition coefficient (Wildman–Crippen LogP) is 0.655. The molecule has 0 aromatic heterocycles. The Morgan fingerprint density at radius 3 is 2.25 bits per heavy atom. The number of hydrogen-bond acceptors (Lipinski definition) is 1. The third-order valence-corrected chi connectivity index (χ3v) is 1.17. The molecule has 2 heteroatoms. The van der Waals surface area contributed by atoms with E-state index in [9.17, 15) is 4.79 Å². The molecule has 0 saturated heterocycles. The highest BCUT2D eigenvalue weighted by atomic mass is 16.7. The summed E-state index contributed by atoms with van der Waals surface area (Å²) in [6.45, 7) is 2.99. The number of rotatable bonds is 0. The Morgan fingerprint density at radius 2 is 2.00 bits per heavy atom. The molecule has 44 valence electrons. The van der Waals surface area contributed by atoms with Crippen LogP contribution < -0.4 is 0 Å². The Morgan fingerprint density at radius 1 is 1.50 bits per heavy atom. The first-order chi connectivity index (χ1) is 3.80. The molecule has 1 heterocycles. The molecule has 0 radical (unpaired) electrons. The van der Waals surface area contributed by atoms with Gasteiger partial charge in [-0.05, 0) is 12.2 Å². The molecule has 0 aromatic carbocycles. The lowest BCUT2D eigenvalue weighted by Gasteiger charge is -2.11. The maximum Gasteiger partial charge on any atom is 0.515 e. The van der Waals surface area contributed by atoms with Gasteiger partial charge in [0.2, 0.25) is 0 Å². The SMILES string of the molecule is CC(=O)[O+]1CC=CC1. The first kappa shape index (κ1) is 5.35. The number of hydrogen-bond donors (Lipinski definition) is 0. The van der Waals surface area contributed by atoms with Gasteiger partial charge in [-0.3, -0.25) is 0 Å². The molecule has 0 amide bonds. The summed E-state index contributed by atoms with van der Waals surface area (Å²) in [4.78, 5) is 10.5. The highest BCUT2D eigenvalue weighted by Crippen LogP contribution is 2.03. The van der Waals surface area contributed by atoms with Crippen molar-refractivity contribution >= 4 is 5.97 Å². The van der Waals surface area contributed by atoms with Gasteiger partial charge in [0.1, 0.15) is 13.2 Å². The molecular formula is C6H9O2+. The molecule has 0 atom stereocenters. The van der Waals surface area contributed by atoms with E-state index in [0.717, 1.165) is 13.2 Å². The van der Waals surface area contributed by atoms with Crippen molar-refractivity contribution in [2.75, 3.05) is 13.2 Å². The standard InChI is InChI=1S/C6H9O2/c1-6(7)8-4-2-3-5-8/h2-3H,4-5H2,1H3/q+1. The monoisotopic (exact) mass is 113 g/mol. The van der Waals surface area contributed by atoms with Gasteiger partial charge in [0, 0.05) is 4.79 Å². The van der Waals surface area contributed by atoms with Gasteiger partial charge >= 0.3 is 5.97 Å². The summed E-state index contributed by atoms with van der Waals surface area (Å²) in [5, 5.41) is 0. The maximum atomic E-state index is 10.5. The lowest BCUT2D eigenvalue weighted by molar-refractivity contribution is -0.173. The average molecular weight is 113 g/mol. The van der Waals surface area contributed by atoms with Crippen LogP contribution in [0.25, 0.3) is 0 Å². The van der Waals surface area contributed by atoms with E-state index in [1.54, 1.807) is 6.92 Å². The second-order valence-corrected chi connectivity index (χ2v) is 1.79. The van der Waals surface area contributed by atoms with Gasteiger partial charge in [0.05, 0.1) is 6.92 Å². The molecule has 0 unspecified atom stereocenters. The van der Waals surface area contributed by atoms with Crippen LogP contribution in [0.1, 0.15) is 6.92 Å². The van der Waals surface area contributed by atoms with Crippen molar-refractivity contribution in [3.05, 3.63) is 12.2 Å². The Bertz CT molecular complexity index is 118. The summed E-state index contributed by atoms with van der Waals surface area (Å²) in [5.41, 5.74) is 0. The first-order valence-electron chi connectivity index (χ1n) is 2.64. The first-order valence-corrected chi connectivity index (χ1v) is 2.64. The number of carbonyl (C=O) groups is 1. The van der Waals surface area contributed by atoms with Crippen LogP contribution in [-0.2, 0) is 9.16 Å². The highest BCUT2D eigenvalue weighted by Gasteiger charge is 2.13. The highest BCUT2D eigenvalue weighted by molar-refractivity contribution is 5.68. The zero-order valence-electron chi connectivity index (χ0n) is 4.89. The van der Waals surface area contributed by atoms with E-state index in [1.807, 2.05) is 12.2 Å². The molecule has 8 heavy (non-hydrogen) atoms. The topological polar surface area (TPSA) is 19.8 Å². The number of carbonyl (C=O) groups excluding carboxylic acids is 1. The molecule has 2 nitrogen and oxygen atoms in total. The van der Waals surface area contributed by atoms with E-state index in [-0.39, 0.29) is 5.97 Å². The smallest absolute Gasteiger partial charge is 0.515 e. The van der Waals surface area contributed by atoms with E-state index in [0.29, 0.717) is 0 Å². The zero-order valence-corrected chi connectivity index (χ0v) is 4.89. The van der Waals surface area contributed by atoms with E-state index < -0.39 is 0 Å². The van der Waals surface area contributed by atoms with Gasteiger partial charge in [-0.2, -0.15) is 0 Å². The molecule has 0 N–H and O–H groups in total. The lowest BCUT2D eigenvalue weighted by Crippen LogP contribution is -2.15. The molecule has 0 saturated carbocycles. The normalized spacial score (nSPS) is 17.4. The second kappa shape index (κ2) is 1.99. The van der Waals surface area contributed by atoms with Gasteiger partial charge in [0.15, 0.2) is 0 Å². The summed E-state index contributed by atoms with van der Waals surface area (Å²) in [7, 11) is 0. The molecule has 1 aliphatic rings.